The second-order valence-corrected chi connectivity index (χ2v) is 11.7. The van der Waals surface area contributed by atoms with E-state index in [9.17, 15) is 8.42 Å². The third kappa shape index (κ3) is 4.72. The van der Waals surface area contributed by atoms with Gasteiger partial charge in [-0.3, -0.25) is 4.72 Å². The van der Waals surface area contributed by atoms with E-state index < -0.39 is 10.0 Å². The molecule has 1 saturated carbocycles. The minimum atomic E-state index is -3.90. The van der Waals surface area contributed by atoms with E-state index in [0.29, 0.717) is 46.0 Å². The molecule has 4 N–H and O–H groups in total. The molecule has 1 fully saturated rings. The number of H-pyrrole nitrogens is 1. The van der Waals surface area contributed by atoms with Gasteiger partial charge in [-0.25, -0.2) is 28.4 Å². The number of sulfonamides is 1. The molecular formula is C29H26N8O3S. The first-order chi connectivity index (χ1) is 19.9. The van der Waals surface area contributed by atoms with Crippen molar-refractivity contribution in [3.8, 4) is 23.0 Å². The third-order valence-corrected chi connectivity index (χ3v) is 8.70. The van der Waals surface area contributed by atoms with Gasteiger partial charge in [-0.2, -0.15) is 0 Å². The molecule has 7 rings (SSSR count). The molecule has 4 aromatic heterocycles. The largest absolute Gasteiger partial charge is 0.439 e. The Kier molecular flexibility index (Phi) is 6.04. The highest BCUT2D eigenvalue weighted by Gasteiger charge is 2.24. The Labute approximate surface area is 235 Å². The first kappa shape index (κ1) is 25.0. The molecule has 1 aliphatic carbocycles. The van der Waals surface area contributed by atoms with Crippen molar-refractivity contribution in [2.45, 2.75) is 36.6 Å². The first-order valence-corrected chi connectivity index (χ1v) is 14.8. The van der Waals surface area contributed by atoms with Gasteiger partial charge >= 0.3 is 0 Å². The van der Waals surface area contributed by atoms with Crippen LogP contribution in [-0.4, -0.2) is 37.9 Å². The second-order valence-electron chi connectivity index (χ2n) is 10.0. The highest BCUT2D eigenvalue weighted by Crippen LogP contribution is 2.38. The average Bonchev–Trinajstić information content (AvgIpc) is 3.72. The lowest BCUT2D eigenvalue weighted by molar-refractivity contribution is 0.461. The van der Waals surface area contributed by atoms with Crippen molar-refractivity contribution in [3.05, 3.63) is 79.4 Å². The van der Waals surface area contributed by atoms with E-state index in [2.05, 4.69) is 29.2 Å². The van der Waals surface area contributed by atoms with Crippen molar-refractivity contribution in [2.75, 3.05) is 10.5 Å². The summed E-state index contributed by atoms with van der Waals surface area (Å²) in [5, 5.41) is 0.757. The lowest BCUT2D eigenvalue weighted by Crippen LogP contribution is -2.12. The van der Waals surface area contributed by atoms with Crippen LogP contribution in [0.25, 0.3) is 33.5 Å². The Morgan fingerprint density at radius 2 is 1.88 bits per heavy atom. The SMILES string of the molecule is Nc1ncnc2c1c(-c1nc3ccc(NS(=O)(=O)c4cccc(Oc5ccccn5)c4)cc3[nH]1)cn2C1CCCC1. The Morgan fingerprint density at radius 1 is 1.00 bits per heavy atom. The number of hydrogen-bond acceptors (Lipinski definition) is 8. The molecule has 11 nitrogen and oxygen atoms in total. The maximum atomic E-state index is 13.2. The number of anilines is 2. The lowest BCUT2D eigenvalue weighted by Gasteiger charge is -2.12. The summed E-state index contributed by atoms with van der Waals surface area (Å²) < 4.78 is 37.0. The number of aromatic nitrogens is 6. The summed E-state index contributed by atoms with van der Waals surface area (Å²) in [5.41, 5.74) is 9.66. The molecule has 2 aromatic carbocycles. The number of hydrogen-bond donors (Lipinski definition) is 3. The van der Waals surface area contributed by atoms with Gasteiger partial charge in [0.1, 0.15) is 29.4 Å². The van der Waals surface area contributed by atoms with Gasteiger partial charge < -0.3 is 20.0 Å². The Balaban J connectivity index is 1.19. The molecule has 0 bridgehead atoms. The fourth-order valence-corrected chi connectivity index (χ4v) is 6.48. The molecule has 12 heteroatoms. The van der Waals surface area contributed by atoms with Gasteiger partial charge in [-0.1, -0.05) is 25.0 Å². The molecule has 0 aliphatic heterocycles. The van der Waals surface area contributed by atoms with Crippen molar-refractivity contribution in [2.24, 2.45) is 0 Å². The number of imidazole rings is 1. The number of nitrogens with zero attached hydrogens (tertiary/aromatic N) is 5. The normalized spacial score (nSPS) is 14.1. The van der Waals surface area contributed by atoms with Gasteiger partial charge in [0.2, 0.25) is 5.88 Å². The maximum absolute atomic E-state index is 13.2. The van der Waals surface area contributed by atoms with E-state index in [1.807, 2.05) is 6.20 Å². The predicted molar refractivity (Wildman–Crippen MR) is 156 cm³/mol. The molecule has 4 heterocycles. The molecule has 0 atom stereocenters. The Hall–Kier alpha value is -4.97. The van der Waals surface area contributed by atoms with Crippen molar-refractivity contribution in [1.29, 1.82) is 0 Å². The number of nitrogen functional groups attached to an aromatic ring is 1. The number of ether oxygens (including phenoxy) is 1. The molecule has 206 valence electrons. The van der Waals surface area contributed by atoms with Crippen molar-refractivity contribution >= 4 is 43.6 Å². The predicted octanol–water partition coefficient (Wildman–Crippen LogP) is 5.66. The van der Waals surface area contributed by atoms with Gasteiger partial charge in [0, 0.05) is 36.1 Å². The van der Waals surface area contributed by atoms with E-state index in [4.69, 9.17) is 15.5 Å². The zero-order valence-electron chi connectivity index (χ0n) is 21.9. The van der Waals surface area contributed by atoms with Crippen LogP contribution in [0.15, 0.2) is 84.3 Å². The fourth-order valence-electron chi connectivity index (χ4n) is 5.40. The molecule has 41 heavy (non-hydrogen) atoms. The first-order valence-electron chi connectivity index (χ1n) is 13.3. The molecule has 0 amide bonds. The van der Waals surface area contributed by atoms with E-state index in [1.54, 1.807) is 54.7 Å². The van der Waals surface area contributed by atoms with Crippen molar-refractivity contribution in [1.82, 2.24) is 29.5 Å². The molecule has 0 saturated heterocycles. The van der Waals surface area contributed by atoms with E-state index in [1.165, 1.54) is 31.3 Å². The van der Waals surface area contributed by atoms with E-state index in [0.717, 1.165) is 29.4 Å². The van der Waals surface area contributed by atoms with Crippen LogP contribution in [0.3, 0.4) is 0 Å². The van der Waals surface area contributed by atoms with Crippen LogP contribution in [0, 0.1) is 0 Å². The van der Waals surface area contributed by atoms with Crippen LogP contribution in [0.4, 0.5) is 11.5 Å². The van der Waals surface area contributed by atoms with Gasteiger partial charge in [-0.05, 0) is 49.2 Å². The van der Waals surface area contributed by atoms with Crippen LogP contribution >= 0.6 is 0 Å². The van der Waals surface area contributed by atoms with E-state index in [-0.39, 0.29) is 4.90 Å². The van der Waals surface area contributed by atoms with Gasteiger partial charge in [0.05, 0.1) is 27.0 Å². The van der Waals surface area contributed by atoms with E-state index >= 15 is 0 Å². The number of benzene rings is 2. The molecule has 0 unspecified atom stereocenters. The molecular weight excluding hydrogens is 540 g/mol. The highest BCUT2D eigenvalue weighted by atomic mass is 32.2. The molecule has 0 radical (unpaired) electrons. The smallest absolute Gasteiger partial charge is 0.262 e. The minimum absolute atomic E-state index is 0.0616. The van der Waals surface area contributed by atoms with Gasteiger partial charge in [-0.15, -0.1) is 0 Å². The quantitative estimate of drug-likeness (QED) is 0.224. The number of fused-ring (bicyclic) bond motifs is 2. The average molecular weight is 567 g/mol. The third-order valence-electron chi connectivity index (χ3n) is 7.32. The molecule has 6 aromatic rings. The Bertz CT molecular complexity index is 2000. The van der Waals surface area contributed by atoms with Crippen molar-refractivity contribution < 1.29 is 13.2 Å². The summed E-state index contributed by atoms with van der Waals surface area (Å²) in [6.45, 7) is 0. The van der Waals surface area contributed by atoms with Gasteiger partial charge in [0.25, 0.3) is 10.0 Å². The lowest BCUT2D eigenvalue weighted by atomic mass is 10.2. The zero-order chi connectivity index (χ0) is 28.0. The molecule has 0 spiro atoms. The van der Waals surface area contributed by atoms with Gasteiger partial charge in [0.15, 0.2) is 0 Å². The molecule has 1 aliphatic rings. The summed E-state index contributed by atoms with van der Waals surface area (Å²) in [6, 6.07) is 17.0. The minimum Gasteiger partial charge on any atom is -0.439 e. The summed E-state index contributed by atoms with van der Waals surface area (Å²) >= 11 is 0. The highest BCUT2D eigenvalue weighted by molar-refractivity contribution is 7.92. The summed E-state index contributed by atoms with van der Waals surface area (Å²) in [5.74, 6) is 1.74. The van der Waals surface area contributed by atoms with Crippen LogP contribution in [0.1, 0.15) is 31.7 Å². The fraction of sp³-hybridized carbons (Fsp3) is 0.172. The van der Waals surface area contributed by atoms with Crippen LogP contribution < -0.4 is 15.2 Å². The number of pyridine rings is 1. The van der Waals surface area contributed by atoms with Crippen LogP contribution in [0.5, 0.6) is 11.6 Å². The number of nitrogens with one attached hydrogen (secondary N) is 2. The summed E-state index contributed by atoms with van der Waals surface area (Å²) in [7, 11) is -3.90. The zero-order valence-corrected chi connectivity index (χ0v) is 22.7. The maximum Gasteiger partial charge on any atom is 0.262 e. The standard InChI is InChI=1S/C29H26N8O3S/c30-27-26-22(16-37(19-6-1-2-7-19)29(26)33-17-32-27)28-34-23-12-11-18(14-24(23)35-28)36-41(38,39)21-9-5-8-20(15-21)40-25-10-3-4-13-31-25/h3-5,8-17,19,36H,1-2,6-7H2,(H,34,35)(H2,30,32,33). The topological polar surface area (TPSA) is 154 Å². The Morgan fingerprint density at radius 3 is 2.71 bits per heavy atom. The monoisotopic (exact) mass is 566 g/mol. The van der Waals surface area contributed by atoms with Crippen molar-refractivity contribution in [3.63, 3.8) is 0 Å². The number of nitrogens with two attached hydrogens (primary N) is 1. The van der Waals surface area contributed by atoms with Crippen LogP contribution in [-0.2, 0) is 10.0 Å². The number of rotatable bonds is 7. The number of aromatic amines is 1. The summed E-state index contributed by atoms with van der Waals surface area (Å²) in [4.78, 5) is 21.1. The second kappa shape index (κ2) is 9.89. The van der Waals surface area contributed by atoms with Crippen LogP contribution in [0.2, 0.25) is 0 Å². The summed E-state index contributed by atoms with van der Waals surface area (Å²) in [6.07, 6.45) is 9.70.